The number of hydrogen-bond acceptors (Lipinski definition) is 2. The van der Waals surface area contributed by atoms with Crippen LogP contribution in [0.15, 0.2) is 0 Å². The highest BCUT2D eigenvalue weighted by molar-refractivity contribution is 4.86. The van der Waals surface area contributed by atoms with Crippen LogP contribution in [-0.2, 0) is 0 Å². The highest BCUT2D eigenvalue weighted by atomic mass is 16.3. The zero-order valence-electron chi connectivity index (χ0n) is 10.7. The van der Waals surface area contributed by atoms with Gasteiger partial charge in [-0.25, -0.2) is 0 Å². The first-order valence-electron chi connectivity index (χ1n) is 7.20. The van der Waals surface area contributed by atoms with Crippen molar-refractivity contribution in [3.63, 3.8) is 0 Å². The lowest BCUT2D eigenvalue weighted by molar-refractivity contribution is -0.0101. The summed E-state index contributed by atoms with van der Waals surface area (Å²) >= 11 is 0. The van der Waals surface area contributed by atoms with E-state index < -0.39 is 0 Å². The summed E-state index contributed by atoms with van der Waals surface area (Å²) in [4.78, 5) is 2.59. The number of aliphatic hydroxyl groups is 1. The maximum absolute atomic E-state index is 10.5. The molecule has 0 aromatic carbocycles. The fourth-order valence-corrected chi connectivity index (χ4v) is 3.53. The number of rotatable bonds is 4. The smallest absolute Gasteiger partial charge is 0.0648 e. The van der Waals surface area contributed by atoms with Crippen LogP contribution < -0.4 is 0 Å². The van der Waals surface area contributed by atoms with Crippen LogP contribution in [0, 0.1) is 0 Å². The van der Waals surface area contributed by atoms with Gasteiger partial charge in [-0.15, -0.1) is 0 Å². The van der Waals surface area contributed by atoms with Gasteiger partial charge in [-0.05, 0) is 51.6 Å². The molecule has 0 spiro atoms. The van der Waals surface area contributed by atoms with Crippen molar-refractivity contribution in [3.8, 4) is 0 Å². The van der Waals surface area contributed by atoms with Crippen molar-refractivity contribution in [1.29, 1.82) is 0 Å². The molecular formula is C14H27NO. The van der Waals surface area contributed by atoms with Gasteiger partial charge in [-0.3, -0.25) is 0 Å². The predicted molar refractivity (Wildman–Crippen MR) is 67.5 cm³/mol. The van der Waals surface area contributed by atoms with Crippen molar-refractivity contribution in [1.82, 2.24) is 4.90 Å². The SMILES string of the molecule is CCN1CCCC1CCC1(O)CCCCC1. The summed E-state index contributed by atoms with van der Waals surface area (Å²) in [5, 5.41) is 10.5. The van der Waals surface area contributed by atoms with Gasteiger partial charge in [-0.1, -0.05) is 26.2 Å². The Morgan fingerprint density at radius 3 is 2.62 bits per heavy atom. The number of nitrogens with zero attached hydrogens (tertiary/aromatic N) is 1. The van der Waals surface area contributed by atoms with Crippen molar-refractivity contribution < 1.29 is 5.11 Å². The second-order valence-corrected chi connectivity index (χ2v) is 5.75. The lowest BCUT2D eigenvalue weighted by atomic mass is 9.81. The molecule has 1 saturated heterocycles. The van der Waals surface area contributed by atoms with Crippen molar-refractivity contribution in [2.24, 2.45) is 0 Å². The topological polar surface area (TPSA) is 23.5 Å². The maximum atomic E-state index is 10.5. The van der Waals surface area contributed by atoms with Gasteiger partial charge < -0.3 is 10.0 Å². The van der Waals surface area contributed by atoms with Crippen LogP contribution in [-0.4, -0.2) is 34.7 Å². The minimum atomic E-state index is -0.305. The van der Waals surface area contributed by atoms with Gasteiger partial charge >= 0.3 is 0 Å². The van der Waals surface area contributed by atoms with E-state index >= 15 is 0 Å². The minimum Gasteiger partial charge on any atom is -0.390 e. The van der Waals surface area contributed by atoms with Gasteiger partial charge in [0.2, 0.25) is 0 Å². The molecule has 1 unspecified atom stereocenters. The van der Waals surface area contributed by atoms with Gasteiger partial charge in [0.1, 0.15) is 0 Å². The largest absolute Gasteiger partial charge is 0.390 e. The number of hydrogen-bond donors (Lipinski definition) is 1. The first-order valence-corrected chi connectivity index (χ1v) is 7.20. The first kappa shape index (κ1) is 12.4. The molecule has 2 aliphatic rings. The first-order chi connectivity index (χ1) is 7.73. The molecule has 0 aromatic heterocycles. The van der Waals surface area contributed by atoms with Gasteiger partial charge in [0, 0.05) is 6.04 Å². The second kappa shape index (κ2) is 5.50. The molecule has 0 aromatic rings. The molecule has 0 bridgehead atoms. The molecule has 1 N–H and O–H groups in total. The highest BCUT2D eigenvalue weighted by Crippen LogP contribution is 2.34. The van der Waals surface area contributed by atoms with E-state index in [9.17, 15) is 5.11 Å². The van der Waals surface area contributed by atoms with Crippen LogP contribution in [0.25, 0.3) is 0 Å². The monoisotopic (exact) mass is 225 g/mol. The van der Waals surface area contributed by atoms with Crippen molar-refractivity contribution >= 4 is 0 Å². The standard InChI is InChI=1S/C14H27NO/c1-2-15-12-6-7-13(15)8-11-14(16)9-4-3-5-10-14/h13,16H,2-12H2,1H3. The van der Waals surface area contributed by atoms with Gasteiger partial charge in [0.05, 0.1) is 5.60 Å². The Morgan fingerprint density at radius 2 is 1.94 bits per heavy atom. The molecule has 1 aliphatic carbocycles. The van der Waals surface area contributed by atoms with E-state index in [1.807, 2.05) is 0 Å². The summed E-state index contributed by atoms with van der Waals surface area (Å²) in [7, 11) is 0. The van der Waals surface area contributed by atoms with E-state index in [0.29, 0.717) is 0 Å². The summed E-state index contributed by atoms with van der Waals surface area (Å²) in [5.41, 5.74) is -0.305. The molecule has 1 saturated carbocycles. The van der Waals surface area contributed by atoms with Crippen LogP contribution in [0.1, 0.15) is 64.7 Å². The molecule has 2 nitrogen and oxygen atoms in total. The van der Waals surface area contributed by atoms with E-state index in [1.165, 1.54) is 51.6 Å². The molecule has 2 rings (SSSR count). The van der Waals surface area contributed by atoms with Gasteiger partial charge in [0.25, 0.3) is 0 Å². The van der Waals surface area contributed by atoms with Crippen molar-refractivity contribution in [2.75, 3.05) is 13.1 Å². The van der Waals surface area contributed by atoms with E-state index in [4.69, 9.17) is 0 Å². The number of likely N-dealkylation sites (tertiary alicyclic amines) is 1. The van der Waals surface area contributed by atoms with Crippen molar-refractivity contribution in [3.05, 3.63) is 0 Å². The van der Waals surface area contributed by atoms with Crippen LogP contribution in [0.5, 0.6) is 0 Å². The Hall–Kier alpha value is -0.0800. The Kier molecular flexibility index (Phi) is 4.26. The third-order valence-electron chi connectivity index (χ3n) is 4.63. The summed E-state index contributed by atoms with van der Waals surface area (Å²) in [6.07, 6.45) is 10.8. The van der Waals surface area contributed by atoms with E-state index in [0.717, 1.165) is 25.3 Å². The lowest BCUT2D eigenvalue weighted by Gasteiger charge is -2.34. The van der Waals surface area contributed by atoms with Gasteiger partial charge in [0.15, 0.2) is 0 Å². The average molecular weight is 225 g/mol. The zero-order chi connectivity index (χ0) is 11.4. The third-order valence-corrected chi connectivity index (χ3v) is 4.63. The van der Waals surface area contributed by atoms with Crippen LogP contribution in [0.4, 0.5) is 0 Å². The molecule has 16 heavy (non-hydrogen) atoms. The van der Waals surface area contributed by atoms with E-state index in [2.05, 4.69) is 11.8 Å². The molecule has 0 radical (unpaired) electrons. The molecule has 1 heterocycles. The normalized spacial score (nSPS) is 30.8. The zero-order valence-corrected chi connectivity index (χ0v) is 10.7. The summed E-state index contributed by atoms with van der Waals surface area (Å²) < 4.78 is 0. The van der Waals surface area contributed by atoms with E-state index in [-0.39, 0.29) is 5.60 Å². The predicted octanol–water partition coefficient (Wildman–Crippen LogP) is 2.95. The molecular weight excluding hydrogens is 198 g/mol. The Morgan fingerprint density at radius 1 is 1.19 bits per heavy atom. The quantitative estimate of drug-likeness (QED) is 0.795. The maximum Gasteiger partial charge on any atom is 0.0648 e. The van der Waals surface area contributed by atoms with Crippen LogP contribution >= 0.6 is 0 Å². The van der Waals surface area contributed by atoms with E-state index in [1.54, 1.807) is 0 Å². The fraction of sp³-hybridized carbons (Fsp3) is 1.00. The molecule has 1 atom stereocenters. The average Bonchev–Trinajstić information content (AvgIpc) is 2.75. The minimum absolute atomic E-state index is 0.305. The highest BCUT2D eigenvalue weighted by Gasteiger charge is 2.31. The van der Waals surface area contributed by atoms with Crippen LogP contribution in [0.2, 0.25) is 0 Å². The molecule has 2 fully saturated rings. The Bertz CT molecular complexity index is 211. The molecule has 94 valence electrons. The van der Waals surface area contributed by atoms with Gasteiger partial charge in [-0.2, -0.15) is 0 Å². The third kappa shape index (κ3) is 2.98. The Labute approximate surface area is 100 Å². The molecule has 1 aliphatic heterocycles. The van der Waals surface area contributed by atoms with Crippen LogP contribution in [0.3, 0.4) is 0 Å². The fourth-order valence-electron chi connectivity index (χ4n) is 3.53. The molecule has 2 heteroatoms. The summed E-state index contributed by atoms with van der Waals surface area (Å²) in [6, 6.07) is 0.760. The summed E-state index contributed by atoms with van der Waals surface area (Å²) in [6.45, 7) is 4.72. The van der Waals surface area contributed by atoms with Crippen molar-refractivity contribution in [2.45, 2.75) is 76.4 Å². The summed E-state index contributed by atoms with van der Waals surface area (Å²) in [5.74, 6) is 0. The molecule has 0 amide bonds. The lowest BCUT2D eigenvalue weighted by Crippen LogP contribution is -2.35. The second-order valence-electron chi connectivity index (χ2n) is 5.75. The Balaban J connectivity index is 1.77.